The van der Waals surface area contributed by atoms with Crippen LogP contribution < -0.4 is 10.6 Å². The molecule has 0 aliphatic carbocycles. The quantitative estimate of drug-likeness (QED) is 0.382. The molecule has 0 spiro atoms. The Morgan fingerprint density at radius 3 is 2.55 bits per heavy atom. The molecule has 2 N–H and O–H groups in total. The highest BCUT2D eigenvalue weighted by atomic mass is 35.5. The zero-order valence-corrected chi connectivity index (χ0v) is 18.3. The number of hydrogen-bond acceptors (Lipinski definition) is 3. The number of para-hydroxylation sites is 1. The number of amides is 1. The van der Waals surface area contributed by atoms with Crippen molar-refractivity contribution in [2.75, 3.05) is 11.9 Å². The van der Waals surface area contributed by atoms with E-state index in [1.165, 1.54) is 0 Å². The predicted octanol–water partition coefficient (Wildman–Crippen LogP) is 6.22. The summed E-state index contributed by atoms with van der Waals surface area (Å²) in [6, 6.07) is 23.4. The number of nitrogens with one attached hydrogen (secondary N) is 2. The van der Waals surface area contributed by atoms with Crippen LogP contribution in [0.5, 0.6) is 0 Å². The van der Waals surface area contributed by atoms with Crippen LogP contribution in [0.25, 0.3) is 10.9 Å². The Morgan fingerprint density at radius 1 is 0.968 bits per heavy atom. The fraction of sp³-hybridized carbons (Fsp3) is 0.154. The summed E-state index contributed by atoms with van der Waals surface area (Å²) in [5.41, 5.74) is 5.78. The molecular weight excluding hydrogens is 406 g/mol. The number of carbonyl (C=O) groups is 1. The van der Waals surface area contributed by atoms with Crippen molar-refractivity contribution >= 4 is 39.9 Å². The molecule has 156 valence electrons. The van der Waals surface area contributed by atoms with Gasteiger partial charge >= 0.3 is 0 Å². The SMILES string of the molecule is Cc1ccc(C)c(Nc2cc(C(=O)NCCc3ccc(Cl)cc3)c3ccccc3n2)c1. The fourth-order valence-corrected chi connectivity index (χ4v) is 3.63. The summed E-state index contributed by atoms with van der Waals surface area (Å²) < 4.78 is 0. The van der Waals surface area contributed by atoms with Crippen LogP contribution in [0, 0.1) is 13.8 Å². The number of benzene rings is 3. The average molecular weight is 430 g/mol. The molecule has 1 aromatic heterocycles. The number of nitrogens with zero attached hydrogens (tertiary/aromatic N) is 1. The summed E-state index contributed by atoms with van der Waals surface area (Å²) in [4.78, 5) is 17.8. The minimum atomic E-state index is -0.114. The molecule has 0 aliphatic heterocycles. The Balaban J connectivity index is 1.57. The Labute approximate surface area is 187 Å². The van der Waals surface area contributed by atoms with Crippen molar-refractivity contribution in [1.29, 1.82) is 0 Å². The number of aromatic nitrogens is 1. The summed E-state index contributed by atoms with van der Waals surface area (Å²) in [7, 11) is 0. The molecule has 5 heteroatoms. The molecular formula is C26H24ClN3O. The lowest BCUT2D eigenvalue weighted by molar-refractivity contribution is 0.0956. The van der Waals surface area contributed by atoms with Gasteiger partial charge < -0.3 is 10.6 Å². The third-order valence-corrected chi connectivity index (χ3v) is 5.48. The van der Waals surface area contributed by atoms with Crippen LogP contribution >= 0.6 is 11.6 Å². The van der Waals surface area contributed by atoms with E-state index >= 15 is 0 Å². The summed E-state index contributed by atoms with van der Waals surface area (Å²) in [6.07, 6.45) is 0.736. The van der Waals surface area contributed by atoms with Gasteiger partial charge in [0.15, 0.2) is 0 Å². The third-order valence-electron chi connectivity index (χ3n) is 5.23. The maximum absolute atomic E-state index is 13.0. The molecule has 0 radical (unpaired) electrons. The normalized spacial score (nSPS) is 10.8. The largest absolute Gasteiger partial charge is 0.352 e. The molecule has 3 aromatic carbocycles. The molecule has 1 amide bonds. The monoisotopic (exact) mass is 429 g/mol. The number of aryl methyl sites for hydroxylation is 2. The molecule has 0 unspecified atom stereocenters. The number of anilines is 2. The lowest BCUT2D eigenvalue weighted by Crippen LogP contribution is -2.26. The van der Waals surface area contributed by atoms with Crippen LogP contribution in [0.2, 0.25) is 5.02 Å². The van der Waals surface area contributed by atoms with Crippen LogP contribution in [0.15, 0.2) is 72.8 Å². The van der Waals surface area contributed by atoms with Crippen LogP contribution in [0.1, 0.15) is 27.0 Å². The lowest BCUT2D eigenvalue weighted by atomic mass is 10.1. The first-order valence-corrected chi connectivity index (χ1v) is 10.6. The molecule has 31 heavy (non-hydrogen) atoms. The molecule has 0 fully saturated rings. The van der Waals surface area contributed by atoms with Crippen molar-refractivity contribution in [2.45, 2.75) is 20.3 Å². The van der Waals surface area contributed by atoms with Crippen LogP contribution in [-0.4, -0.2) is 17.4 Å². The molecule has 4 rings (SSSR count). The van der Waals surface area contributed by atoms with E-state index in [4.69, 9.17) is 16.6 Å². The van der Waals surface area contributed by atoms with Gasteiger partial charge in [-0.25, -0.2) is 4.98 Å². The van der Waals surface area contributed by atoms with Crippen molar-refractivity contribution in [3.63, 3.8) is 0 Å². The zero-order chi connectivity index (χ0) is 21.8. The van der Waals surface area contributed by atoms with Gasteiger partial charge in [0.25, 0.3) is 5.91 Å². The van der Waals surface area contributed by atoms with E-state index in [9.17, 15) is 4.79 Å². The molecule has 4 nitrogen and oxygen atoms in total. The minimum Gasteiger partial charge on any atom is -0.352 e. The van der Waals surface area contributed by atoms with E-state index in [0.29, 0.717) is 22.9 Å². The van der Waals surface area contributed by atoms with E-state index in [0.717, 1.165) is 39.7 Å². The van der Waals surface area contributed by atoms with Crippen molar-refractivity contribution in [2.24, 2.45) is 0 Å². The van der Waals surface area contributed by atoms with Gasteiger partial charge in [-0.3, -0.25) is 4.79 Å². The number of carbonyl (C=O) groups excluding carboxylic acids is 1. The fourth-order valence-electron chi connectivity index (χ4n) is 3.50. The predicted molar refractivity (Wildman–Crippen MR) is 128 cm³/mol. The van der Waals surface area contributed by atoms with Gasteiger partial charge in [-0.2, -0.15) is 0 Å². The highest BCUT2D eigenvalue weighted by molar-refractivity contribution is 6.30. The third kappa shape index (κ3) is 5.04. The lowest BCUT2D eigenvalue weighted by Gasteiger charge is -2.13. The summed E-state index contributed by atoms with van der Waals surface area (Å²) >= 11 is 5.94. The maximum atomic E-state index is 13.0. The smallest absolute Gasteiger partial charge is 0.252 e. The second-order valence-corrected chi connectivity index (χ2v) is 8.08. The van der Waals surface area contributed by atoms with Gasteiger partial charge in [0.05, 0.1) is 11.1 Å². The molecule has 4 aromatic rings. The highest BCUT2D eigenvalue weighted by Gasteiger charge is 2.13. The summed E-state index contributed by atoms with van der Waals surface area (Å²) in [5, 5.41) is 7.96. The standard InChI is InChI=1S/C26H24ClN3O/c1-17-7-8-18(2)24(15-17)30-25-16-22(21-5-3-4-6-23(21)29-25)26(31)28-14-13-19-9-11-20(27)12-10-19/h3-12,15-16H,13-14H2,1-2H3,(H,28,31)(H,29,30). The molecule has 0 aliphatic rings. The highest BCUT2D eigenvalue weighted by Crippen LogP contribution is 2.25. The Bertz CT molecular complexity index is 1240. The summed E-state index contributed by atoms with van der Waals surface area (Å²) in [5.74, 6) is 0.534. The summed E-state index contributed by atoms with van der Waals surface area (Å²) in [6.45, 7) is 4.64. The van der Waals surface area contributed by atoms with Gasteiger partial charge in [0, 0.05) is 22.6 Å². The zero-order valence-electron chi connectivity index (χ0n) is 17.6. The molecule has 0 bridgehead atoms. The number of hydrogen-bond donors (Lipinski definition) is 2. The first kappa shape index (κ1) is 20.9. The Hall–Kier alpha value is -3.37. The average Bonchev–Trinajstić information content (AvgIpc) is 2.77. The Kier molecular flexibility index (Phi) is 6.19. The first-order chi connectivity index (χ1) is 15.0. The van der Waals surface area contributed by atoms with E-state index in [1.807, 2.05) is 61.5 Å². The van der Waals surface area contributed by atoms with E-state index in [2.05, 4.69) is 35.8 Å². The van der Waals surface area contributed by atoms with E-state index in [1.54, 1.807) is 0 Å². The number of halogens is 1. The van der Waals surface area contributed by atoms with Gasteiger partial charge in [-0.1, -0.05) is 54.1 Å². The van der Waals surface area contributed by atoms with Gasteiger partial charge in [0.2, 0.25) is 0 Å². The maximum Gasteiger partial charge on any atom is 0.252 e. The van der Waals surface area contributed by atoms with Gasteiger partial charge in [0.1, 0.15) is 5.82 Å². The molecule has 0 saturated heterocycles. The topological polar surface area (TPSA) is 54.0 Å². The second kappa shape index (κ2) is 9.19. The minimum absolute atomic E-state index is 0.114. The van der Waals surface area contributed by atoms with Crippen molar-refractivity contribution in [3.05, 3.63) is 100 Å². The molecule has 1 heterocycles. The van der Waals surface area contributed by atoms with E-state index < -0.39 is 0 Å². The second-order valence-electron chi connectivity index (χ2n) is 7.65. The van der Waals surface area contributed by atoms with Crippen LogP contribution in [0.4, 0.5) is 11.5 Å². The number of rotatable bonds is 6. The first-order valence-electron chi connectivity index (χ1n) is 10.3. The molecule has 0 saturated carbocycles. The Morgan fingerprint density at radius 2 is 1.74 bits per heavy atom. The van der Waals surface area contributed by atoms with E-state index in [-0.39, 0.29) is 5.91 Å². The number of fused-ring (bicyclic) bond motifs is 1. The van der Waals surface area contributed by atoms with Crippen molar-refractivity contribution < 1.29 is 4.79 Å². The van der Waals surface area contributed by atoms with Crippen LogP contribution in [0.3, 0.4) is 0 Å². The van der Waals surface area contributed by atoms with Crippen LogP contribution in [-0.2, 0) is 6.42 Å². The van der Waals surface area contributed by atoms with Gasteiger partial charge in [-0.15, -0.1) is 0 Å². The van der Waals surface area contributed by atoms with Gasteiger partial charge in [-0.05, 0) is 67.3 Å². The van der Waals surface area contributed by atoms with Crippen molar-refractivity contribution in [1.82, 2.24) is 10.3 Å². The van der Waals surface area contributed by atoms with Crippen molar-refractivity contribution in [3.8, 4) is 0 Å². The number of pyridine rings is 1. The molecule has 0 atom stereocenters.